The number of carbonyl (C=O) groups excluding carboxylic acids is 1. The monoisotopic (exact) mass is 565 g/mol. The van der Waals surface area contributed by atoms with Crippen LogP contribution in [0.25, 0.3) is 22.5 Å². The minimum absolute atomic E-state index is 0.0583. The van der Waals surface area contributed by atoms with E-state index in [0.29, 0.717) is 23.4 Å². The Morgan fingerprint density at radius 1 is 0.762 bits per heavy atom. The molecule has 1 aliphatic carbocycles. The molecule has 0 bridgehead atoms. The van der Waals surface area contributed by atoms with Crippen LogP contribution in [0.3, 0.4) is 0 Å². The minimum atomic E-state index is -0.0583. The highest BCUT2D eigenvalue weighted by Crippen LogP contribution is 2.41. The summed E-state index contributed by atoms with van der Waals surface area (Å²) in [6.45, 7) is 3.87. The molecular formula is C35H39N3O4. The van der Waals surface area contributed by atoms with E-state index >= 15 is 0 Å². The van der Waals surface area contributed by atoms with Gasteiger partial charge in [0.05, 0.1) is 31.5 Å². The summed E-state index contributed by atoms with van der Waals surface area (Å²) in [4.78, 5) is 16.9. The van der Waals surface area contributed by atoms with E-state index in [-0.39, 0.29) is 11.8 Å². The van der Waals surface area contributed by atoms with Gasteiger partial charge in [-0.3, -0.25) is 14.4 Å². The predicted molar refractivity (Wildman–Crippen MR) is 165 cm³/mol. The molecule has 2 fully saturated rings. The summed E-state index contributed by atoms with van der Waals surface area (Å²) in [6, 6.07) is 23.5. The average molecular weight is 566 g/mol. The van der Waals surface area contributed by atoms with E-state index in [9.17, 15) is 4.79 Å². The third-order valence-corrected chi connectivity index (χ3v) is 8.53. The number of piperidine rings is 1. The zero-order valence-corrected chi connectivity index (χ0v) is 24.6. The van der Waals surface area contributed by atoms with Crippen molar-refractivity contribution < 1.29 is 19.0 Å². The number of rotatable bonds is 11. The lowest BCUT2D eigenvalue weighted by molar-refractivity contribution is 0.103. The van der Waals surface area contributed by atoms with Gasteiger partial charge < -0.3 is 14.2 Å². The molecule has 0 radical (unpaired) electrons. The lowest BCUT2D eigenvalue weighted by atomic mass is 9.91. The SMILES string of the molecule is COc1ccc(-c2nn(C3CCC3)c(-c3ccc(OC)cc3)c2C(=O)c2ccc(OCCN3CCCCC3)cc2)cc1. The van der Waals surface area contributed by atoms with Crippen molar-refractivity contribution in [3.63, 3.8) is 0 Å². The molecule has 0 N–H and O–H groups in total. The summed E-state index contributed by atoms with van der Waals surface area (Å²) in [5.41, 5.74) is 4.56. The highest BCUT2D eigenvalue weighted by molar-refractivity contribution is 6.16. The van der Waals surface area contributed by atoms with Gasteiger partial charge in [0.1, 0.15) is 29.5 Å². The van der Waals surface area contributed by atoms with Crippen LogP contribution in [0.15, 0.2) is 72.8 Å². The molecular weight excluding hydrogens is 526 g/mol. The fourth-order valence-electron chi connectivity index (χ4n) is 5.84. The standard InChI is InChI=1S/C35H39N3O4/c1-40-29-15-9-25(10-16-29)33-32(34(38(36-33)28-7-6-8-28)26-11-17-30(41-2)18-12-26)35(39)27-13-19-31(20-14-27)42-24-23-37-21-4-3-5-22-37/h9-20,28H,3-8,21-24H2,1-2H3. The topological polar surface area (TPSA) is 65.8 Å². The molecule has 2 aliphatic rings. The van der Waals surface area contributed by atoms with Gasteiger partial charge in [-0.1, -0.05) is 6.42 Å². The van der Waals surface area contributed by atoms with Crippen molar-refractivity contribution in [2.45, 2.75) is 44.6 Å². The van der Waals surface area contributed by atoms with Crippen LogP contribution < -0.4 is 14.2 Å². The molecule has 0 unspecified atom stereocenters. The number of hydrogen-bond acceptors (Lipinski definition) is 6. The van der Waals surface area contributed by atoms with E-state index in [2.05, 4.69) is 9.58 Å². The lowest BCUT2D eigenvalue weighted by Crippen LogP contribution is -2.33. The Labute approximate surface area is 248 Å². The average Bonchev–Trinajstić information content (AvgIpc) is 3.40. The first-order valence-corrected chi connectivity index (χ1v) is 15.1. The molecule has 42 heavy (non-hydrogen) atoms. The van der Waals surface area contributed by atoms with Crippen LogP contribution in [0.1, 0.15) is 60.5 Å². The second kappa shape index (κ2) is 12.8. The molecule has 0 amide bonds. The smallest absolute Gasteiger partial charge is 0.197 e. The fourth-order valence-corrected chi connectivity index (χ4v) is 5.84. The quantitative estimate of drug-likeness (QED) is 0.182. The van der Waals surface area contributed by atoms with Gasteiger partial charge in [-0.05, 0) is 118 Å². The third-order valence-electron chi connectivity index (χ3n) is 8.53. The van der Waals surface area contributed by atoms with Crippen LogP contribution in [-0.2, 0) is 0 Å². The van der Waals surface area contributed by atoms with Crippen molar-refractivity contribution in [3.8, 4) is 39.8 Å². The van der Waals surface area contributed by atoms with Crippen LogP contribution in [0, 0.1) is 0 Å². The van der Waals surface area contributed by atoms with E-state index in [0.717, 1.165) is 73.0 Å². The summed E-state index contributed by atoms with van der Waals surface area (Å²) < 4.78 is 18.9. The van der Waals surface area contributed by atoms with E-state index in [1.165, 1.54) is 19.3 Å². The van der Waals surface area contributed by atoms with E-state index in [1.54, 1.807) is 14.2 Å². The molecule has 218 valence electrons. The van der Waals surface area contributed by atoms with Crippen LogP contribution in [-0.4, -0.2) is 60.9 Å². The number of methoxy groups -OCH3 is 2. The summed E-state index contributed by atoms with van der Waals surface area (Å²) in [7, 11) is 3.31. The number of ketones is 1. The number of benzene rings is 3. The number of nitrogens with zero attached hydrogens (tertiary/aromatic N) is 3. The van der Waals surface area contributed by atoms with Gasteiger partial charge >= 0.3 is 0 Å². The Balaban J connectivity index is 1.35. The maximum absolute atomic E-state index is 14.4. The molecule has 3 aromatic carbocycles. The van der Waals surface area contributed by atoms with E-state index in [4.69, 9.17) is 19.3 Å². The second-order valence-corrected chi connectivity index (χ2v) is 11.2. The van der Waals surface area contributed by atoms with Gasteiger partial charge in [0.25, 0.3) is 0 Å². The van der Waals surface area contributed by atoms with Crippen molar-refractivity contribution in [2.75, 3.05) is 40.5 Å². The zero-order valence-electron chi connectivity index (χ0n) is 24.6. The third kappa shape index (κ3) is 5.93. The summed E-state index contributed by atoms with van der Waals surface area (Å²) >= 11 is 0. The largest absolute Gasteiger partial charge is 0.497 e. The van der Waals surface area contributed by atoms with Crippen molar-refractivity contribution in [2.24, 2.45) is 0 Å². The Morgan fingerprint density at radius 2 is 1.36 bits per heavy atom. The van der Waals surface area contributed by atoms with Crippen molar-refractivity contribution in [1.29, 1.82) is 0 Å². The summed E-state index contributed by atoms with van der Waals surface area (Å²) in [5.74, 6) is 2.25. The first kappa shape index (κ1) is 28.0. The van der Waals surface area contributed by atoms with Gasteiger partial charge in [0.2, 0.25) is 0 Å². The molecule has 1 saturated carbocycles. The fraction of sp³-hybridized carbons (Fsp3) is 0.371. The van der Waals surface area contributed by atoms with E-state index < -0.39 is 0 Å². The molecule has 6 rings (SSSR count). The first-order valence-electron chi connectivity index (χ1n) is 15.1. The normalized spacial score (nSPS) is 15.7. The van der Waals surface area contributed by atoms with E-state index in [1.807, 2.05) is 72.8 Å². The zero-order chi connectivity index (χ0) is 28.9. The maximum atomic E-state index is 14.4. The van der Waals surface area contributed by atoms with Gasteiger partial charge in [0.15, 0.2) is 5.78 Å². The van der Waals surface area contributed by atoms with Crippen LogP contribution in [0.2, 0.25) is 0 Å². The van der Waals surface area contributed by atoms with Gasteiger partial charge in [-0.15, -0.1) is 0 Å². The number of carbonyl (C=O) groups is 1. The molecule has 1 saturated heterocycles. The minimum Gasteiger partial charge on any atom is -0.497 e. The molecule has 4 aromatic rings. The Kier molecular flexibility index (Phi) is 8.56. The Morgan fingerprint density at radius 3 is 1.93 bits per heavy atom. The second-order valence-electron chi connectivity index (χ2n) is 11.2. The maximum Gasteiger partial charge on any atom is 0.197 e. The van der Waals surface area contributed by atoms with Crippen LogP contribution in [0.5, 0.6) is 17.2 Å². The van der Waals surface area contributed by atoms with Gasteiger partial charge in [0, 0.05) is 23.2 Å². The number of ether oxygens (including phenoxy) is 3. The van der Waals surface area contributed by atoms with Gasteiger partial charge in [-0.2, -0.15) is 5.10 Å². The molecule has 2 heterocycles. The number of likely N-dealkylation sites (tertiary alicyclic amines) is 1. The van der Waals surface area contributed by atoms with Crippen LogP contribution >= 0.6 is 0 Å². The molecule has 0 spiro atoms. The molecule has 1 aromatic heterocycles. The number of aromatic nitrogens is 2. The van der Waals surface area contributed by atoms with Crippen LogP contribution in [0.4, 0.5) is 0 Å². The van der Waals surface area contributed by atoms with Crippen molar-refractivity contribution >= 4 is 5.78 Å². The summed E-state index contributed by atoms with van der Waals surface area (Å²) in [6.07, 6.45) is 7.12. The van der Waals surface area contributed by atoms with Crippen molar-refractivity contribution in [1.82, 2.24) is 14.7 Å². The molecule has 7 heteroatoms. The molecule has 0 atom stereocenters. The lowest BCUT2D eigenvalue weighted by Gasteiger charge is -2.27. The molecule has 7 nitrogen and oxygen atoms in total. The van der Waals surface area contributed by atoms with Gasteiger partial charge in [-0.25, -0.2) is 0 Å². The Bertz CT molecular complexity index is 1480. The highest BCUT2D eigenvalue weighted by atomic mass is 16.5. The number of hydrogen-bond donors (Lipinski definition) is 0. The van der Waals surface area contributed by atoms with Crippen molar-refractivity contribution in [3.05, 3.63) is 83.9 Å². The summed E-state index contributed by atoms with van der Waals surface area (Å²) in [5, 5.41) is 5.12. The predicted octanol–water partition coefficient (Wildman–Crippen LogP) is 7.06. The first-order chi connectivity index (χ1) is 20.6. The highest BCUT2D eigenvalue weighted by Gasteiger charge is 2.31. The molecule has 1 aliphatic heterocycles. The Hall–Kier alpha value is -4.10.